The molecule has 0 radical (unpaired) electrons. The van der Waals surface area contributed by atoms with Crippen LogP contribution in [0.5, 0.6) is 0 Å². The Kier molecular flexibility index (Phi) is 3.19. The average molecular weight is 291 g/mol. The number of ether oxygens (including phenoxy) is 1. The lowest BCUT2D eigenvalue weighted by Crippen LogP contribution is -2.04. The van der Waals surface area contributed by atoms with Crippen molar-refractivity contribution in [3.05, 3.63) is 41.3 Å². The summed E-state index contributed by atoms with van der Waals surface area (Å²) in [4.78, 5) is 16.5. The zero-order valence-electron chi connectivity index (χ0n) is 10.5. The summed E-state index contributed by atoms with van der Waals surface area (Å²) in [5, 5.41) is 4.38. The van der Waals surface area contributed by atoms with Gasteiger partial charge in [-0.3, -0.25) is 0 Å². The van der Waals surface area contributed by atoms with Crippen LogP contribution in [0.4, 0.5) is 4.39 Å². The second-order valence-corrected chi connectivity index (χ2v) is 4.94. The van der Waals surface area contributed by atoms with Crippen molar-refractivity contribution in [2.75, 3.05) is 6.61 Å². The number of fused-ring (bicyclic) bond motifs is 1. The van der Waals surface area contributed by atoms with Gasteiger partial charge in [-0.05, 0) is 31.2 Å². The van der Waals surface area contributed by atoms with Crippen LogP contribution in [0.15, 0.2) is 30.5 Å². The quantitative estimate of drug-likeness (QED) is 0.696. The molecule has 0 aliphatic carbocycles. The van der Waals surface area contributed by atoms with Gasteiger partial charge >= 0.3 is 5.97 Å². The lowest BCUT2D eigenvalue weighted by atomic mass is 10.2. The zero-order valence-corrected chi connectivity index (χ0v) is 11.4. The first-order valence-corrected chi connectivity index (χ1v) is 6.78. The molecule has 0 amide bonds. The molecule has 2 heterocycles. The molecule has 3 rings (SSSR count). The second kappa shape index (κ2) is 5.01. The van der Waals surface area contributed by atoms with E-state index in [2.05, 4.69) is 10.1 Å². The van der Waals surface area contributed by atoms with Crippen molar-refractivity contribution < 1.29 is 13.9 Å². The van der Waals surface area contributed by atoms with Crippen molar-refractivity contribution >= 4 is 22.3 Å². The first kappa shape index (κ1) is 12.7. The minimum Gasteiger partial charge on any atom is -0.461 e. The summed E-state index contributed by atoms with van der Waals surface area (Å²) in [6, 6.07) is 6.04. The summed E-state index contributed by atoms with van der Waals surface area (Å²) in [5.41, 5.74) is 1.47. The van der Waals surface area contributed by atoms with Crippen molar-refractivity contribution in [3.8, 4) is 11.3 Å². The Hall–Kier alpha value is -2.28. The number of imidazole rings is 1. The Morgan fingerprint density at radius 3 is 2.80 bits per heavy atom. The molecular formula is C13H10FN3O2S. The number of carbonyl (C=O) groups is 1. The van der Waals surface area contributed by atoms with Gasteiger partial charge in [-0.2, -0.15) is 0 Å². The SMILES string of the molecule is CCOC(=O)c1nn2cc(-c3ccc(F)cc3)nc2s1. The molecule has 3 aromatic rings. The Labute approximate surface area is 117 Å². The molecular weight excluding hydrogens is 281 g/mol. The largest absolute Gasteiger partial charge is 0.461 e. The number of benzene rings is 1. The first-order valence-electron chi connectivity index (χ1n) is 5.96. The Morgan fingerprint density at radius 2 is 2.15 bits per heavy atom. The molecule has 0 fully saturated rings. The lowest BCUT2D eigenvalue weighted by molar-refractivity contribution is 0.0524. The number of aromatic nitrogens is 3. The molecule has 0 saturated heterocycles. The van der Waals surface area contributed by atoms with Crippen LogP contribution in [0.3, 0.4) is 0 Å². The molecule has 0 aliphatic rings. The third-order valence-electron chi connectivity index (χ3n) is 2.63. The summed E-state index contributed by atoms with van der Waals surface area (Å²) >= 11 is 1.16. The molecule has 1 aromatic carbocycles. The number of carbonyl (C=O) groups excluding carboxylic acids is 1. The number of hydrogen-bond donors (Lipinski definition) is 0. The number of halogens is 1. The van der Waals surface area contributed by atoms with Crippen LogP contribution < -0.4 is 0 Å². The number of rotatable bonds is 3. The van der Waals surface area contributed by atoms with Crippen LogP contribution in [0, 0.1) is 5.82 Å². The number of nitrogens with zero attached hydrogens (tertiary/aromatic N) is 3. The summed E-state index contributed by atoms with van der Waals surface area (Å²) in [6.07, 6.45) is 1.70. The fraction of sp³-hybridized carbons (Fsp3) is 0.154. The van der Waals surface area contributed by atoms with Crippen molar-refractivity contribution in [1.82, 2.24) is 14.6 Å². The van der Waals surface area contributed by atoms with Gasteiger partial charge in [0.25, 0.3) is 0 Å². The minimum absolute atomic E-state index is 0.264. The maximum absolute atomic E-state index is 12.9. The Balaban J connectivity index is 1.94. The molecule has 102 valence electrons. The van der Waals surface area contributed by atoms with Crippen molar-refractivity contribution in [2.45, 2.75) is 6.92 Å². The van der Waals surface area contributed by atoms with Gasteiger partial charge in [0.05, 0.1) is 18.5 Å². The summed E-state index contributed by atoms with van der Waals surface area (Å²) < 4.78 is 19.3. The van der Waals surface area contributed by atoms with Crippen LogP contribution in [0.2, 0.25) is 0 Å². The molecule has 0 unspecified atom stereocenters. The molecule has 0 spiro atoms. The van der Waals surface area contributed by atoms with E-state index in [4.69, 9.17) is 4.74 Å². The highest BCUT2D eigenvalue weighted by molar-refractivity contribution is 7.18. The fourth-order valence-corrected chi connectivity index (χ4v) is 2.51. The van der Waals surface area contributed by atoms with E-state index in [-0.39, 0.29) is 10.8 Å². The highest BCUT2D eigenvalue weighted by Gasteiger charge is 2.15. The van der Waals surface area contributed by atoms with Crippen LogP contribution in [-0.2, 0) is 4.74 Å². The molecule has 2 aromatic heterocycles. The van der Waals surface area contributed by atoms with E-state index in [1.165, 1.54) is 16.6 Å². The monoisotopic (exact) mass is 291 g/mol. The van der Waals surface area contributed by atoms with E-state index in [1.54, 1.807) is 25.3 Å². The highest BCUT2D eigenvalue weighted by atomic mass is 32.1. The summed E-state index contributed by atoms with van der Waals surface area (Å²) in [7, 11) is 0. The van der Waals surface area contributed by atoms with E-state index in [9.17, 15) is 9.18 Å². The Bertz CT molecular complexity index is 732. The predicted molar refractivity (Wildman–Crippen MR) is 72.2 cm³/mol. The van der Waals surface area contributed by atoms with Gasteiger partial charge in [0.15, 0.2) is 0 Å². The van der Waals surface area contributed by atoms with Gasteiger partial charge in [-0.1, -0.05) is 11.3 Å². The Morgan fingerprint density at radius 1 is 1.40 bits per heavy atom. The smallest absolute Gasteiger partial charge is 0.369 e. The minimum atomic E-state index is -0.452. The van der Waals surface area contributed by atoms with Crippen LogP contribution in [0.1, 0.15) is 16.7 Å². The normalized spacial score (nSPS) is 10.9. The van der Waals surface area contributed by atoms with Gasteiger partial charge in [0.1, 0.15) is 5.82 Å². The van der Waals surface area contributed by atoms with Crippen molar-refractivity contribution in [2.24, 2.45) is 0 Å². The predicted octanol–water partition coefficient (Wildman–Crippen LogP) is 2.77. The first-order chi connectivity index (χ1) is 9.67. The van der Waals surface area contributed by atoms with E-state index in [1.807, 2.05) is 0 Å². The van der Waals surface area contributed by atoms with Gasteiger partial charge < -0.3 is 4.74 Å². The molecule has 0 saturated carbocycles. The molecule has 20 heavy (non-hydrogen) atoms. The highest BCUT2D eigenvalue weighted by Crippen LogP contribution is 2.22. The third-order valence-corrected chi connectivity index (χ3v) is 3.54. The van der Waals surface area contributed by atoms with Crippen molar-refractivity contribution in [3.63, 3.8) is 0 Å². The molecule has 0 aliphatic heterocycles. The number of esters is 1. The third kappa shape index (κ3) is 2.27. The van der Waals surface area contributed by atoms with Gasteiger partial charge in [0.2, 0.25) is 9.97 Å². The molecule has 0 bridgehead atoms. The lowest BCUT2D eigenvalue weighted by Gasteiger charge is -1.96. The van der Waals surface area contributed by atoms with Gasteiger partial charge in [-0.25, -0.2) is 18.7 Å². The van der Waals surface area contributed by atoms with E-state index >= 15 is 0 Å². The second-order valence-electron chi connectivity index (χ2n) is 3.99. The van der Waals surface area contributed by atoms with Crippen LogP contribution >= 0.6 is 11.3 Å². The zero-order chi connectivity index (χ0) is 14.1. The van der Waals surface area contributed by atoms with Crippen LogP contribution in [0.25, 0.3) is 16.2 Å². The molecule has 7 heteroatoms. The van der Waals surface area contributed by atoms with Crippen molar-refractivity contribution in [1.29, 1.82) is 0 Å². The van der Waals surface area contributed by atoms with E-state index < -0.39 is 5.97 Å². The fourth-order valence-electron chi connectivity index (χ4n) is 1.74. The topological polar surface area (TPSA) is 56.5 Å². The van der Waals surface area contributed by atoms with Gasteiger partial charge in [0, 0.05) is 5.56 Å². The summed E-state index contributed by atoms with van der Waals surface area (Å²) in [6.45, 7) is 2.05. The van der Waals surface area contributed by atoms with Crippen LogP contribution in [-0.4, -0.2) is 27.2 Å². The average Bonchev–Trinajstić information content (AvgIpc) is 2.98. The standard InChI is InChI=1S/C13H10FN3O2S/c1-2-19-12(18)11-16-17-7-10(15-13(17)20-11)8-3-5-9(14)6-4-8/h3-7H,2H2,1H3. The maximum atomic E-state index is 12.9. The summed E-state index contributed by atoms with van der Waals surface area (Å²) in [5.74, 6) is -0.746. The van der Waals surface area contributed by atoms with E-state index in [0.29, 0.717) is 17.3 Å². The van der Waals surface area contributed by atoms with E-state index in [0.717, 1.165) is 16.9 Å². The molecule has 0 N–H and O–H groups in total. The molecule has 0 atom stereocenters. The van der Waals surface area contributed by atoms with Gasteiger partial charge in [-0.15, -0.1) is 5.10 Å². The number of hydrogen-bond acceptors (Lipinski definition) is 5. The molecule has 5 nitrogen and oxygen atoms in total. The maximum Gasteiger partial charge on any atom is 0.369 e.